The third kappa shape index (κ3) is 4.11. The van der Waals surface area contributed by atoms with Gasteiger partial charge in [-0.1, -0.05) is 78.4 Å². The Morgan fingerprint density at radius 2 is 1.42 bits per heavy atom. The number of para-hydroxylation sites is 1. The lowest BCUT2D eigenvalue weighted by molar-refractivity contribution is 0.0976. The van der Waals surface area contributed by atoms with Crippen molar-refractivity contribution in [3.63, 3.8) is 0 Å². The molecule has 3 aromatic rings. The average molecular weight is 315 g/mol. The average Bonchev–Trinajstić information content (AvgIpc) is 2.63. The first-order valence-electron chi connectivity index (χ1n) is 8.19. The van der Waals surface area contributed by atoms with Gasteiger partial charge in [-0.05, 0) is 24.6 Å². The highest BCUT2D eigenvalue weighted by Gasteiger charge is 2.17. The highest BCUT2D eigenvalue weighted by Crippen LogP contribution is 2.24. The molecule has 0 fully saturated rings. The largest absolute Gasteiger partial charge is 0.378 e. The Labute approximate surface area is 143 Å². The normalized spacial score (nSPS) is 11.7. The number of nitrogens with one attached hydrogen (secondary N) is 1. The zero-order chi connectivity index (χ0) is 16.8. The molecule has 120 valence electrons. The van der Waals surface area contributed by atoms with Crippen molar-refractivity contribution in [1.29, 1.82) is 0 Å². The molecule has 1 N–H and O–H groups in total. The summed E-state index contributed by atoms with van der Waals surface area (Å²) in [7, 11) is 0. The molecule has 0 saturated carbocycles. The number of rotatable bonds is 6. The molecule has 24 heavy (non-hydrogen) atoms. The van der Waals surface area contributed by atoms with Gasteiger partial charge in [0.25, 0.3) is 0 Å². The number of carbonyl (C=O) groups excluding carboxylic acids is 1. The maximum Gasteiger partial charge on any atom is 0.165 e. The van der Waals surface area contributed by atoms with Gasteiger partial charge in [0.1, 0.15) is 0 Å². The number of benzene rings is 3. The Hall–Kier alpha value is -2.87. The van der Waals surface area contributed by atoms with Crippen LogP contribution in [0.3, 0.4) is 0 Å². The van der Waals surface area contributed by atoms with Crippen LogP contribution in [0.4, 0.5) is 5.69 Å². The van der Waals surface area contributed by atoms with E-state index in [0.29, 0.717) is 6.42 Å². The second kappa shape index (κ2) is 7.60. The summed E-state index contributed by atoms with van der Waals surface area (Å²) >= 11 is 0. The molecule has 0 heterocycles. The van der Waals surface area contributed by atoms with Crippen LogP contribution in [0.1, 0.15) is 33.9 Å². The number of aryl methyl sites for hydroxylation is 1. The molecule has 0 amide bonds. The maximum atomic E-state index is 12.7. The van der Waals surface area contributed by atoms with Gasteiger partial charge in [0.2, 0.25) is 0 Å². The zero-order valence-corrected chi connectivity index (χ0v) is 13.8. The van der Waals surface area contributed by atoms with Crippen LogP contribution in [-0.4, -0.2) is 5.78 Å². The van der Waals surface area contributed by atoms with Gasteiger partial charge in [0.05, 0.1) is 6.04 Å². The van der Waals surface area contributed by atoms with Gasteiger partial charge in [0, 0.05) is 17.7 Å². The molecular formula is C22H21NO. The molecule has 0 saturated heterocycles. The summed E-state index contributed by atoms with van der Waals surface area (Å²) in [5.41, 5.74) is 4.05. The van der Waals surface area contributed by atoms with Gasteiger partial charge in [0.15, 0.2) is 5.78 Å². The molecule has 0 unspecified atom stereocenters. The van der Waals surface area contributed by atoms with Crippen molar-refractivity contribution in [1.82, 2.24) is 0 Å². The van der Waals surface area contributed by atoms with E-state index < -0.39 is 0 Å². The van der Waals surface area contributed by atoms with Gasteiger partial charge >= 0.3 is 0 Å². The van der Waals surface area contributed by atoms with E-state index in [1.165, 1.54) is 0 Å². The summed E-state index contributed by atoms with van der Waals surface area (Å²) in [6.07, 6.45) is 0.419. The molecule has 0 aliphatic heterocycles. The van der Waals surface area contributed by atoms with Crippen molar-refractivity contribution < 1.29 is 4.79 Å². The quantitative estimate of drug-likeness (QED) is 0.615. The molecule has 2 nitrogen and oxygen atoms in total. The van der Waals surface area contributed by atoms with Gasteiger partial charge in [-0.15, -0.1) is 0 Å². The third-order valence-corrected chi connectivity index (χ3v) is 4.08. The van der Waals surface area contributed by atoms with Crippen LogP contribution < -0.4 is 5.32 Å². The van der Waals surface area contributed by atoms with E-state index in [1.807, 2.05) is 79.7 Å². The summed E-state index contributed by atoms with van der Waals surface area (Å²) in [6, 6.07) is 27.8. The molecule has 0 aliphatic rings. The lowest BCUT2D eigenvalue weighted by Gasteiger charge is -2.20. The molecule has 2 heteroatoms. The first kappa shape index (κ1) is 16.0. The van der Waals surface area contributed by atoms with E-state index in [4.69, 9.17) is 0 Å². The molecule has 0 spiro atoms. The van der Waals surface area contributed by atoms with E-state index in [1.54, 1.807) is 0 Å². The van der Waals surface area contributed by atoms with Crippen LogP contribution in [-0.2, 0) is 0 Å². The molecule has 0 aromatic heterocycles. The van der Waals surface area contributed by atoms with Gasteiger partial charge in [-0.25, -0.2) is 0 Å². The maximum absolute atomic E-state index is 12.7. The van der Waals surface area contributed by atoms with E-state index in [0.717, 1.165) is 22.4 Å². The summed E-state index contributed by atoms with van der Waals surface area (Å²) in [5.74, 6) is 0.146. The van der Waals surface area contributed by atoms with Crippen molar-refractivity contribution in [2.45, 2.75) is 19.4 Å². The molecule has 3 rings (SSSR count). The first-order valence-corrected chi connectivity index (χ1v) is 8.19. The molecular weight excluding hydrogens is 294 g/mol. The zero-order valence-electron chi connectivity index (χ0n) is 13.8. The lowest BCUT2D eigenvalue weighted by atomic mass is 9.97. The van der Waals surface area contributed by atoms with Crippen LogP contribution in [0.2, 0.25) is 0 Å². The van der Waals surface area contributed by atoms with Crippen LogP contribution >= 0.6 is 0 Å². The highest BCUT2D eigenvalue weighted by atomic mass is 16.1. The Morgan fingerprint density at radius 1 is 0.833 bits per heavy atom. The minimum absolute atomic E-state index is 0.0533. The molecule has 1 atom stereocenters. The van der Waals surface area contributed by atoms with Gasteiger partial charge in [-0.3, -0.25) is 4.79 Å². The van der Waals surface area contributed by atoms with E-state index in [-0.39, 0.29) is 11.8 Å². The highest BCUT2D eigenvalue weighted by molar-refractivity contribution is 5.96. The van der Waals surface area contributed by atoms with E-state index in [2.05, 4.69) is 17.4 Å². The summed E-state index contributed by atoms with van der Waals surface area (Å²) in [6.45, 7) is 2.03. The minimum Gasteiger partial charge on any atom is -0.378 e. The van der Waals surface area contributed by atoms with Crippen LogP contribution in [0, 0.1) is 6.92 Å². The standard InChI is InChI=1S/C22H21NO/c1-17-12-14-19(15-13-17)22(24)16-21(18-8-4-2-5-9-18)23-20-10-6-3-7-11-20/h2-15,21,23H,16H2,1H3/t21-/m1/s1. The molecule has 0 aliphatic carbocycles. The fourth-order valence-corrected chi connectivity index (χ4v) is 2.72. The fourth-order valence-electron chi connectivity index (χ4n) is 2.72. The Bertz CT molecular complexity index is 779. The number of anilines is 1. The summed E-state index contributed by atoms with van der Waals surface area (Å²) < 4.78 is 0. The number of hydrogen-bond donors (Lipinski definition) is 1. The van der Waals surface area contributed by atoms with E-state index >= 15 is 0 Å². The van der Waals surface area contributed by atoms with Gasteiger partial charge < -0.3 is 5.32 Å². The number of ketones is 1. The van der Waals surface area contributed by atoms with Crippen molar-refractivity contribution >= 4 is 11.5 Å². The van der Waals surface area contributed by atoms with Crippen molar-refractivity contribution in [2.75, 3.05) is 5.32 Å². The third-order valence-electron chi connectivity index (χ3n) is 4.08. The smallest absolute Gasteiger partial charge is 0.165 e. The first-order chi connectivity index (χ1) is 11.7. The minimum atomic E-state index is -0.0533. The molecule has 0 bridgehead atoms. The second-order valence-corrected chi connectivity index (χ2v) is 5.97. The molecule has 0 radical (unpaired) electrons. The van der Waals surface area contributed by atoms with Crippen LogP contribution in [0.15, 0.2) is 84.9 Å². The summed E-state index contributed by atoms with van der Waals surface area (Å²) in [5, 5.41) is 3.49. The lowest BCUT2D eigenvalue weighted by Crippen LogP contribution is -2.15. The molecule has 3 aromatic carbocycles. The predicted octanol–water partition coefficient (Wildman–Crippen LogP) is 5.42. The fraction of sp³-hybridized carbons (Fsp3) is 0.136. The Kier molecular flexibility index (Phi) is 5.07. The van der Waals surface area contributed by atoms with Gasteiger partial charge in [-0.2, -0.15) is 0 Å². The topological polar surface area (TPSA) is 29.1 Å². The van der Waals surface area contributed by atoms with Crippen LogP contribution in [0.25, 0.3) is 0 Å². The Balaban J connectivity index is 1.82. The number of carbonyl (C=O) groups is 1. The predicted molar refractivity (Wildman–Crippen MR) is 99.4 cm³/mol. The van der Waals surface area contributed by atoms with Crippen molar-refractivity contribution in [2.24, 2.45) is 0 Å². The Morgan fingerprint density at radius 3 is 2.04 bits per heavy atom. The van der Waals surface area contributed by atoms with Crippen molar-refractivity contribution in [3.8, 4) is 0 Å². The van der Waals surface area contributed by atoms with Crippen LogP contribution in [0.5, 0.6) is 0 Å². The number of hydrogen-bond acceptors (Lipinski definition) is 2. The van der Waals surface area contributed by atoms with E-state index in [9.17, 15) is 4.79 Å². The summed E-state index contributed by atoms with van der Waals surface area (Å²) in [4.78, 5) is 12.7. The second-order valence-electron chi connectivity index (χ2n) is 5.97. The SMILES string of the molecule is Cc1ccc(C(=O)C[C@@H](Nc2ccccc2)c2ccccc2)cc1. The number of Topliss-reactive ketones (excluding diaryl/α,β-unsaturated/α-hetero) is 1. The van der Waals surface area contributed by atoms with Crippen molar-refractivity contribution in [3.05, 3.63) is 102 Å². The monoisotopic (exact) mass is 315 g/mol.